The third kappa shape index (κ3) is 7.20. The van der Waals surface area contributed by atoms with Crippen molar-refractivity contribution in [1.29, 1.82) is 0 Å². The second-order valence-corrected chi connectivity index (χ2v) is 11.0. The van der Waals surface area contributed by atoms with Gasteiger partial charge < -0.3 is 25.2 Å². The van der Waals surface area contributed by atoms with Crippen molar-refractivity contribution < 1.29 is 13.9 Å². The van der Waals surface area contributed by atoms with E-state index in [1.54, 1.807) is 11.1 Å². The average Bonchev–Trinajstić information content (AvgIpc) is 3.37. The van der Waals surface area contributed by atoms with Crippen molar-refractivity contribution in [3.63, 3.8) is 0 Å². The van der Waals surface area contributed by atoms with Crippen LogP contribution in [0.1, 0.15) is 63.2 Å². The van der Waals surface area contributed by atoms with E-state index in [1.807, 2.05) is 20.8 Å². The SMILES string of the molecule is CCN(C(=O)c1cc(F)ccc1Oc1cncnc1NC[C@@H]1CCN(CC2CCC(NC)CC2)C1)C(C)C. The Morgan fingerprint density at radius 1 is 1.18 bits per heavy atom. The molecule has 1 aromatic carbocycles. The number of carbonyl (C=O) groups excluding carboxylic acids is 1. The van der Waals surface area contributed by atoms with Crippen molar-refractivity contribution >= 4 is 11.7 Å². The smallest absolute Gasteiger partial charge is 0.257 e. The van der Waals surface area contributed by atoms with Crippen molar-refractivity contribution in [1.82, 2.24) is 25.1 Å². The molecule has 1 aromatic heterocycles. The van der Waals surface area contributed by atoms with Gasteiger partial charge in [-0.2, -0.15) is 0 Å². The summed E-state index contributed by atoms with van der Waals surface area (Å²) in [5.41, 5.74) is 0.186. The number of nitrogens with zero attached hydrogens (tertiary/aromatic N) is 4. The van der Waals surface area contributed by atoms with E-state index in [9.17, 15) is 9.18 Å². The van der Waals surface area contributed by atoms with Crippen molar-refractivity contribution in [3.05, 3.63) is 42.1 Å². The first-order chi connectivity index (χ1) is 18.4. The molecule has 2 heterocycles. The predicted octanol–water partition coefficient (Wildman–Crippen LogP) is 4.79. The summed E-state index contributed by atoms with van der Waals surface area (Å²) in [6.07, 6.45) is 9.40. The molecule has 9 heteroatoms. The first kappa shape index (κ1) is 28.2. The van der Waals surface area contributed by atoms with Crippen LogP contribution in [0.3, 0.4) is 0 Å². The number of nitrogens with one attached hydrogen (secondary N) is 2. The number of carbonyl (C=O) groups is 1. The highest BCUT2D eigenvalue weighted by molar-refractivity contribution is 5.97. The zero-order chi connectivity index (χ0) is 27.1. The topological polar surface area (TPSA) is 82.6 Å². The fourth-order valence-electron chi connectivity index (χ4n) is 5.78. The number of hydrogen-bond acceptors (Lipinski definition) is 7. The number of hydrogen-bond donors (Lipinski definition) is 2. The fraction of sp³-hybridized carbons (Fsp3) is 0.621. The molecule has 1 aliphatic carbocycles. The monoisotopic (exact) mass is 526 g/mol. The van der Waals surface area contributed by atoms with E-state index in [1.165, 1.54) is 56.8 Å². The van der Waals surface area contributed by atoms with Gasteiger partial charge >= 0.3 is 0 Å². The summed E-state index contributed by atoms with van der Waals surface area (Å²) in [5.74, 6) is 1.85. The highest BCUT2D eigenvalue weighted by Crippen LogP contribution is 2.32. The van der Waals surface area contributed by atoms with Crippen LogP contribution in [0.15, 0.2) is 30.7 Å². The number of halogens is 1. The van der Waals surface area contributed by atoms with E-state index >= 15 is 0 Å². The fourth-order valence-corrected chi connectivity index (χ4v) is 5.78. The molecule has 2 fully saturated rings. The zero-order valence-corrected chi connectivity index (χ0v) is 23.3. The third-order valence-corrected chi connectivity index (χ3v) is 8.00. The number of anilines is 1. The first-order valence-electron chi connectivity index (χ1n) is 14.1. The standard InChI is InChI=1S/C29H43FN6O2/c1-5-36(20(2)3)29(37)25-14-23(30)8-11-26(25)38-27-16-32-19-34-28(27)33-15-22-12-13-35(18-22)17-21-6-9-24(31-4)10-7-21/h8,11,14,16,19-22,24,31H,5-7,9-10,12-13,15,17-18H2,1-4H3,(H,32,33,34)/t21?,22-,24?/m0/s1. The van der Waals surface area contributed by atoms with Gasteiger partial charge in [-0.15, -0.1) is 0 Å². The summed E-state index contributed by atoms with van der Waals surface area (Å²) in [6.45, 7) is 10.5. The predicted molar refractivity (Wildman–Crippen MR) is 148 cm³/mol. The van der Waals surface area contributed by atoms with Crippen LogP contribution in [0.25, 0.3) is 0 Å². The van der Waals surface area contributed by atoms with E-state index in [0.29, 0.717) is 30.1 Å². The van der Waals surface area contributed by atoms with Gasteiger partial charge in [0.1, 0.15) is 17.9 Å². The Morgan fingerprint density at radius 3 is 2.68 bits per heavy atom. The van der Waals surface area contributed by atoms with E-state index < -0.39 is 5.82 Å². The lowest BCUT2D eigenvalue weighted by Gasteiger charge is -2.31. The lowest BCUT2D eigenvalue weighted by atomic mass is 9.86. The molecule has 2 aliphatic rings. The number of benzene rings is 1. The molecule has 2 aromatic rings. The quantitative estimate of drug-likeness (QED) is 0.436. The Bertz CT molecular complexity index is 1060. The Kier molecular flexibility index (Phi) is 9.91. The zero-order valence-electron chi connectivity index (χ0n) is 23.3. The van der Waals surface area contributed by atoms with Crippen LogP contribution in [0.2, 0.25) is 0 Å². The molecule has 38 heavy (non-hydrogen) atoms. The molecule has 8 nitrogen and oxygen atoms in total. The van der Waals surface area contributed by atoms with Crippen molar-refractivity contribution in [2.75, 3.05) is 45.1 Å². The molecule has 1 saturated heterocycles. The molecule has 0 bridgehead atoms. The minimum atomic E-state index is -0.482. The maximum absolute atomic E-state index is 14.1. The van der Waals surface area contributed by atoms with Crippen LogP contribution < -0.4 is 15.4 Å². The molecule has 4 rings (SSSR count). The van der Waals surface area contributed by atoms with Crippen molar-refractivity contribution in [2.24, 2.45) is 11.8 Å². The first-order valence-corrected chi connectivity index (χ1v) is 14.1. The second kappa shape index (κ2) is 13.3. The van der Waals surface area contributed by atoms with E-state index in [0.717, 1.165) is 32.0 Å². The number of amides is 1. The van der Waals surface area contributed by atoms with Gasteiger partial charge in [-0.3, -0.25) is 4.79 Å². The molecule has 0 radical (unpaired) electrons. The average molecular weight is 527 g/mol. The van der Waals surface area contributed by atoms with Gasteiger partial charge in [-0.25, -0.2) is 14.4 Å². The van der Waals surface area contributed by atoms with E-state index in [2.05, 4.69) is 32.5 Å². The maximum atomic E-state index is 14.1. The van der Waals surface area contributed by atoms with Crippen molar-refractivity contribution in [2.45, 2.75) is 65.0 Å². The van der Waals surface area contributed by atoms with Crippen LogP contribution in [0.5, 0.6) is 11.5 Å². The Hall–Kier alpha value is -2.78. The van der Waals surface area contributed by atoms with Gasteiger partial charge in [-0.1, -0.05) is 0 Å². The Labute approximate surface area is 226 Å². The van der Waals surface area contributed by atoms with Crippen LogP contribution in [-0.4, -0.2) is 77.5 Å². The van der Waals surface area contributed by atoms with Gasteiger partial charge in [0.05, 0.1) is 11.8 Å². The summed E-state index contributed by atoms with van der Waals surface area (Å²) >= 11 is 0. The van der Waals surface area contributed by atoms with E-state index in [-0.39, 0.29) is 23.3 Å². The Morgan fingerprint density at radius 2 is 1.97 bits per heavy atom. The molecule has 1 aliphatic heterocycles. The number of aromatic nitrogens is 2. The molecular weight excluding hydrogens is 483 g/mol. The summed E-state index contributed by atoms with van der Waals surface area (Å²) in [5, 5.41) is 6.87. The Balaban J connectivity index is 1.37. The van der Waals surface area contributed by atoms with Gasteiger partial charge in [0.2, 0.25) is 0 Å². The molecule has 0 unspecified atom stereocenters. The largest absolute Gasteiger partial charge is 0.451 e. The van der Waals surface area contributed by atoms with Gasteiger partial charge in [-0.05, 0) is 96.5 Å². The molecule has 0 spiro atoms. The lowest BCUT2D eigenvalue weighted by Crippen LogP contribution is -2.36. The van der Waals surface area contributed by atoms with Crippen LogP contribution >= 0.6 is 0 Å². The van der Waals surface area contributed by atoms with Crippen LogP contribution in [-0.2, 0) is 0 Å². The molecule has 1 atom stereocenters. The molecular formula is C29H43FN6O2. The number of likely N-dealkylation sites (tertiary alicyclic amines) is 1. The van der Waals surface area contributed by atoms with Gasteiger partial charge in [0.15, 0.2) is 11.6 Å². The van der Waals surface area contributed by atoms with E-state index in [4.69, 9.17) is 4.74 Å². The molecule has 1 saturated carbocycles. The summed E-state index contributed by atoms with van der Waals surface area (Å²) < 4.78 is 20.3. The van der Waals surface area contributed by atoms with Gasteiger partial charge in [0, 0.05) is 38.3 Å². The minimum absolute atomic E-state index is 0.0183. The minimum Gasteiger partial charge on any atom is -0.451 e. The van der Waals surface area contributed by atoms with Gasteiger partial charge in [0.25, 0.3) is 5.91 Å². The normalized spacial score (nSPS) is 22.0. The number of ether oxygens (including phenoxy) is 1. The maximum Gasteiger partial charge on any atom is 0.257 e. The van der Waals surface area contributed by atoms with Crippen LogP contribution in [0.4, 0.5) is 10.2 Å². The highest BCUT2D eigenvalue weighted by atomic mass is 19.1. The molecule has 2 N–H and O–H groups in total. The summed E-state index contributed by atoms with van der Waals surface area (Å²) in [4.78, 5) is 26.0. The molecule has 1 amide bonds. The van der Waals surface area contributed by atoms with Crippen LogP contribution in [0, 0.1) is 17.7 Å². The highest BCUT2D eigenvalue weighted by Gasteiger charge is 2.28. The summed E-state index contributed by atoms with van der Waals surface area (Å²) in [7, 11) is 2.07. The number of rotatable bonds is 11. The lowest BCUT2D eigenvalue weighted by molar-refractivity contribution is 0.0713. The molecule has 208 valence electrons. The second-order valence-electron chi connectivity index (χ2n) is 11.0. The van der Waals surface area contributed by atoms with Crippen molar-refractivity contribution in [3.8, 4) is 11.5 Å². The summed E-state index contributed by atoms with van der Waals surface area (Å²) in [6, 6.07) is 4.70. The third-order valence-electron chi connectivity index (χ3n) is 8.00.